The van der Waals surface area contributed by atoms with Crippen LogP contribution in [0.5, 0.6) is 5.75 Å². The van der Waals surface area contributed by atoms with E-state index in [2.05, 4.69) is 9.72 Å². The second-order valence-corrected chi connectivity index (χ2v) is 3.27. The highest BCUT2D eigenvalue weighted by molar-refractivity contribution is 6.06. The van der Waals surface area contributed by atoms with Crippen molar-refractivity contribution >= 4 is 16.8 Å². The Hall–Kier alpha value is -2.18. The quantitative estimate of drug-likeness (QED) is 0.867. The number of aromatic nitrogens is 1. The summed E-state index contributed by atoms with van der Waals surface area (Å²) in [5, 5.41) is 0.219. The highest BCUT2D eigenvalue weighted by Gasteiger charge is 2.15. The lowest BCUT2D eigenvalue weighted by Gasteiger charge is -2.05. The van der Waals surface area contributed by atoms with Gasteiger partial charge in [-0.25, -0.2) is 4.39 Å². The first-order valence-electron chi connectivity index (χ1n) is 4.54. The number of H-pyrrole nitrogens is 1. The normalized spacial score (nSPS) is 11.1. The molecule has 0 unspecified atom stereocenters. The lowest BCUT2D eigenvalue weighted by molar-refractivity contribution is -0.0520. The average Bonchev–Trinajstić information content (AvgIpc) is 2.60. The third kappa shape index (κ3) is 2.03. The molecule has 0 atom stereocenters. The molecule has 1 aromatic carbocycles. The Morgan fingerprint density at radius 1 is 1.41 bits per heavy atom. The summed E-state index contributed by atoms with van der Waals surface area (Å²) >= 11 is 0. The molecule has 0 saturated heterocycles. The number of alkyl halides is 2. The van der Waals surface area contributed by atoms with E-state index in [0.29, 0.717) is 0 Å². The highest BCUT2D eigenvalue weighted by atomic mass is 19.3. The van der Waals surface area contributed by atoms with Gasteiger partial charge in [0, 0.05) is 17.6 Å². The maximum Gasteiger partial charge on any atom is 0.387 e. The van der Waals surface area contributed by atoms with E-state index < -0.39 is 24.1 Å². The number of fused-ring (bicyclic) bond motifs is 1. The molecule has 1 amide bonds. The van der Waals surface area contributed by atoms with Gasteiger partial charge in [0.25, 0.3) is 5.91 Å². The Morgan fingerprint density at radius 2 is 2.12 bits per heavy atom. The molecule has 0 spiro atoms. The number of nitrogens with two attached hydrogens (primary N) is 1. The minimum absolute atomic E-state index is 0.0856. The zero-order valence-electron chi connectivity index (χ0n) is 8.34. The summed E-state index contributed by atoms with van der Waals surface area (Å²) in [4.78, 5) is 13.6. The topological polar surface area (TPSA) is 68.1 Å². The van der Waals surface area contributed by atoms with E-state index in [-0.39, 0.29) is 16.5 Å². The first kappa shape index (κ1) is 11.3. The maximum absolute atomic E-state index is 13.4. The van der Waals surface area contributed by atoms with Crippen LogP contribution in [-0.2, 0) is 0 Å². The van der Waals surface area contributed by atoms with Gasteiger partial charge >= 0.3 is 6.61 Å². The summed E-state index contributed by atoms with van der Waals surface area (Å²) in [5.74, 6) is -2.32. The number of carbonyl (C=O) groups excluding carboxylic acids is 1. The van der Waals surface area contributed by atoms with E-state index >= 15 is 0 Å². The molecular formula is C10H7F3N2O2. The fourth-order valence-electron chi connectivity index (χ4n) is 1.51. The smallest absolute Gasteiger partial charge is 0.387 e. The molecule has 3 N–H and O–H groups in total. The number of halogens is 3. The van der Waals surface area contributed by atoms with Crippen LogP contribution in [0.15, 0.2) is 18.3 Å². The number of carbonyl (C=O) groups is 1. The zero-order chi connectivity index (χ0) is 12.6. The number of benzene rings is 1. The van der Waals surface area contributed by atoms with Gasteiger partial charge < -0.3 is 15.5 Å². The summed E-state index contributed by atoms with van der Waals surface area (Å²) < 4.78 is 41.3. The van der Waals surface area contributed by atoms with Crippen LogP contribution in [-0.4, -0.2) is 17.5 Å². The van der Waals surface area contributed by atoms with Crippen molar-refractivity contribution in [3.8, 4) is 5.75 Å². The van der Waals surface area contributed by atoms with Crippen molar-refractivity contribution in [2.24, 2.45) is 5.73 Å². The lowest BCUT2D eigenvalue weighted by Crippen LogP contribution is -2.10. The van der Waals surface area contributed by atoms with Gasteiger partial charge in [0.05, 0.1) is 11.1 Å². The van der Waals surface area contributed by atoms with Crippen molar-refractivity contribution in [2.45, 2.75) is 6.61 Å². The number of amides is 1. The summed E-state index contributed by atoms with van der Waals surface area (Å²) in [6.45, 7) is -3.12. The summed E-state index contributed by atoms with van der Waals surface area (Å²) in [7, 11) is 0. The standard InChI is InChI=1S/C10H7F3N2O2/c11-6-1-4-5(9(14)16)3-15-7(4)2-8(6)17-10(12)13/h1-3,10,15H,(H2,14,16). The fourth-order valence-corrected chi connectivity index (χ4v) is 1.51. The molecule has 1 heterocycles. The SMILES string of the molecule is NC(=O)c1c[nH]c2cc(OC(F)F)c(F)cc12. The van der Waals surface area contributed by atoms with Gasteiger partial charge in [0.2, 0.25) is 0 Å². The molecule has 0 aliphatic heterocycles. The van der Waals surface area contributed by atoms with E-state index in [9.17, 15) is 18.0 Å². The Balaban J connectivity index is 2.56. The lowest BCUT2D eigenvalue weighted by atomic mass is 10.1. The number of nitrogens with one attached hydrogen (secondary N) is 1. The number of aromatic amines is 1. The van der Waals surface area contributed by atoms with Crippen LogP contribution in [0.3, 0.4) is 0 Å². The molecule has 0 radical (unpaired) electrons. The molecule has 0 aliphatic rings. The number of hydrogen-bond acceptors (Lipinski definition) is 2. The first-order chi connectivity index (χ1) is 7.99. The third-order valence-corrected chi connectivity index (χ3v) is 2.22. The van der Waals surface area contributed by atoms with Crippen molar-refractivity contribution in [3.05, 3.63) is 29.7 Å². The minimum atomic E-state index is -3.12. The van der Waals surface area contributed by atoms with Gasteiger partial charge in [0.15, 0.2) is 11.6 Å². The molecule has 0 aliphatic carbocycles. The van der Waals surface area contributed by atoms with E-state index in [0.717, 1.165) is 12.1 Å². The van der Waals surface area contributed by atoms with Crippen molar-refractivity contribution < 1.29 is 22.7 Å². The molecule has 1 aromatic heterocycles. The van der Waals surface area contributed by atoms with Gasteiger partial charge in [-0.2, -0.15) is 8.78 Å². The monoisotopic (exact) mass is 244 g/mol. The molecule has 0 saturated carbocycles. The summed E-state index contributed by atoms with van der Waals surface area (Å²) in [6, 6.07) is 1.97. The molecule has 2 aromatic rings. The highest BCUT2D eigenvalue weighted by Crippen LogP contribution is 2.27. The van der Waals surface area contributed by atoms with Gasteiger partial charge in [-0.3, -0.25) is 4.79 Å². The minimum Gasteiger partial charge on any atom is -0.432 e. The second kappa shape index (κ2) is 4.00. The van der Waals surface area contributed by atoms with Crippen LogP contribution >= 0.6 is 0 Å². The summed E-state index contributed by atoms with van der Waals surface area (Å²) in [5.41, 5.74) is 5.43. The molecule has 7 heteroatoms. The Kier molecular flexibility index (Phi) is 2.66. The van der Waals surface area contributed by atoms with Gasteiger partial charge in [-0.15, -0.1) is 0 Å². The van der Waals surface area contributed by atoms with E-state index in [1.807, 2.05) is 0 Å². The van der Waals surface area contributed by atoms with Crippen LogP contribution in [0.25, 0.3) is 10.9 Å². The van der Waals surface area contributed by atoms with Crippen molar-refractivity contribution in [1.29, 1.82) is 0 Å². The molecule has 90 valence electrons. The van der Waals surface area contributed by atoms with E-state index in [4.69, 9.17) is 5.73 Å². The third-order valence-electron chi connectivity index (χ3n) is 2.22. The molecule has 0 fully saturated rings. The predicted molar refractivity (Wildman–Crippen MR) is 53.4 cm³/mol. The van der Waals surface area contributed by atoms with Gasteiger partial charge in [-0.05, 0) is 6.07 Å². The van der Waals surface area contributed by atoms with Crippen LogP contribution < -0.4 is 10.5 Å². The molecule has 2 rings (SSSR count). The first-order valence-corrected chi connectivity index (χ1v) is 4.54. The number of hydrogen-bond donors (Lipinski definition) is 2. The van der Waals surface area contributed by atoms with Crippen molar-refractivity contribution in [3.63, 3.8) is 0 Å². The zero-order valence-corrected chi connectivity index (χ0v) is 8.34. The van der Waals surface area contributed by atoms with Gasteiger partial charge in [-0.1, -0.05) is 0 Å². The van der Waals surface area contributed by atoms with Gasteiger partial charge in [0.1, 0.15) is 0 Å². The summed E-state index contributed by atoms with van der Waals surface area (Å²) in [6.07, 6.45) is 1.28. The fraction of sp³-hybridized carbons (Fsp3) is 0.100. The molecule has 4 nitrogen and oxygen atoms in total. The Labute approximate surface area is 93.2 Å². The van der Waals surface area contributed by atoms with Crippen molar-refractivity contribution in [2.75, 3.05) is 0 Å². The predicted octanol–water partition coefficient (Wildman–Crippen LogP) is 2.01. The Morgan fingerprint density at radius 3 is 2.71 bits per heavy atom. The second-order valence-electron chi connectivity index (χ2n) is 3.27. The number of primary amides is 1. The van der Waals surface area contributed by atoms with Crippen LogP contribution in [0.2, 0.25) is 0 Å². The van der Waals surface area contributed by atoms with Crippen LogP contribution in [0, 0.1) is 5.82 Å². The number of ether oxygens (including phenoxy) is 1. The van der Waals surface area contributed by atoms with Crippen molar-refractivity contribution in [1.82, 2.24) is 4.98 Å². The Bertz CT molecular complexity index is 580. The molecular weight excluding hydrogens is 237 g/mol. The largest absolute Gasteiger partial charge is 0.432 e. The van der Waals surface area contributed by atoms with E-state index in [1.54, 1.807) is 0 Å². The number of rotatable bonds is 3. The molecule has 0 bridgehead atoms. The van der Waals surface area contributed by atoms with Crippen LogP contribution in [0.4, 0.5) is 13.2 Å². The van der Waals surface area contributed by atoms with Crippen LogP contribution in [0.1, 0.15) is 10.4 Å². The maximum atomic E-state index is 13.4. The average molecular weight is 244 g/mol. The molecule has 17 heavy (non-hydrogen) atoms. The van der Waals surface area contributed by atoms with E-state index in [1.165, 1.54) is 6.20 Å².